The zero-order valence-corrected chi connectivity index (χ0v) is 15.2. The van der Waals surface area contributed by atoms with Crippen molar-refractivity contribution in [2.24, 2.45) is 0 Å². The van der Waals surface area contributed by atoms with Gasteiger partial charge >= 0.3 is 5.76 Å². The fourth-order valence-corrected chi connectivity index (χ4v) is 3.33. The zero-order chi connectivity index (χ0) is 19.5. The first kappa shape index (κ1) is 19.9. The van der Waals surface area contributed by atoms with E-state index in [0.717, 1.165) is 6.07 Å². The van der Waals surface area contributed by atoms with E-state index < -0.39 is 26.4 Å². The number of hydrogen-bond donors (Lipinski definition) is 1. The van der Waals surface area contributed by atoms with Crippen molar-refractivity contribution in [3.63, 3.8) is 0 Å². The number of benzene rings is 2. The minimum Gasteiger partial charge on any atom is -0.493 e. The molecule has 0 unspecified atom stereocenters. The lowest BCUT2D eigenvalue weighted by Crippen LogP contribution is -2.18. The van der Waals surface area contributed by atoms with E-state index in [0.29, 0.717) is 0 Å². The molecule has 10 heteroatoms. The van der Waals surface area contributed by atoms with Crippen LogP contribution in [0, 0.1) is 0 Å². The Balaban J connectivity index is 2.42. The molecule has 0 fully saturated rings. The predicted molar refractivity (Wildman–Crippen MR) is 92.1 cm³/mol. The van der Waals surface area contributed by atoms with E-state index in [1.54, 1.807) is 0 Å². The Kier molecular flexibility index (Phi) is 6.04. The average molecular weight is 406 g/mol. The monoisotopic (exact) mass is 405 g/mol. The van der Waals surface area contributed by atoms with Gasteiger partial charge in [-0.3, -0.25) is 4.79 Å². The molecule has 6 nitrogen and oxygen atoms in total. The van der Waals surface area contributed by atoms with E-state index in [4.69, 9.17) is 21.1 Å². The predicted octanol–water partition coefficient (Wildman–Crippen LogP) is 3.61. The maximum atomic E-state index is 12.8. The molecular weight excluding hydrogens is 392 g/mol. The molecule has 2 rings (SSSR count). The van der Waals surface area contributed by atoms with E-state index in [1.165, 1.54) is 44.6 Å². The summed E-state index contributed by atoms with van der Waals surface area (Å²) in [6.45, 7) is 0. The van der Waals surface area contributed by atoms with Crippen LogP contribution in [-0.4, -0.2) is 34.3 Å². The number of alkyl halides is 2. The van der Waals surface area contributed by atoms with E-state index in [-0.39, 0.29) is 27.8 Å². The van der Waals surface area contributed by atoms with Crippen LogP contribution in [0.5, 0.6) is 11.5 Å². The Morgan fingerprint density at radius 2 is 1.81 bits per heavy atom. The zero-order valence-electron chi connectivity index (χ0n) is 13.6. The Labute approximate surface area is 153 Å². The van der Waals surface area contributed by atoms with Gasteiger partial charge in [-0.2, -0.15) is 8.78 Å². The standard InChI is InChI=1S/C16H14ClF2NO5S/c1-24-12-8-9(7-10(17)14(12)25-2)15(21)20-11-5-3-4-6-13(11)26(22,23)16(18)19/h3-8,16H,1-2H3,(H,20,21). The van der Waals surface area contributed by atoms with Crippen LogP contribution < -0.4 is 14.8 Å². The minimum absolute atomic E-state index is 0.0249. The number of rotatable bonds is 6. The highest BCUT2D eigenvalue weighted by Crippen LogP contribution is 2.36. The molecule has 26 heavy (non-hydrogen) atoms. The number of methoxy groups -OCH3 is 2. The van der Waals surface area contributed by atoms with Crippen molar-refractivity contribution < 1.29 is 31.5 Å². The van der Waals surface area contributed by atoms with Crippen LogP contribution in [0.2, 0.25) is 5.02 Å². The summed E-state index contributed by atoms with van der Waals surface area (Å²) in [7, 11) is -2.17. The number of ether oxygens (including phenoxy) is 2. The molecule has 0 heterocycles. The van der Waals surface area contributed by atoms with Gasteiger partial charge in [-0.1, -0.05) is 23.7 Å². The molecular formula is C16H14ClF2NO5S. The summed E-state index contributed by atoms with van der Waals surface area (Å²) in [5.74, 6) is -3.98. The number of hydrogen-bond acceptors (Lipinski definition) is 5. The summed E-state index contributed by atoms with van der Waals surface area (Å²) in [6, 6.07) is 7.47. The van der Waals surface area contributed by atoms with Gasteiger partial charge in [0.25, 0.3) is 5.91 Å². The summed E-state index contributed by atoms with van der Waals surface area (Å²) in [4.78, 5) is 11.7. The largest absolute Gasteiger partial charge is 0.493 e. The lowest BCUT2D eigenvalue weighted by atomic mass is 10.1. The van der Waals surface area contributed by atoms with Crippen LogP contribution in [0.1, 0.15) is 10.4 Å². The lowest BCUT2D eigenvalue weighted by molar-refractivity contribution is 0.102. The first-order chi connectivity index (χ1) is 12.2. The summed E-state index contributed by atoms with van der Waals surface area (Å²) in [5.41, 5.74) is -0.249. The van der Waals surface area contributed by atoms with Crippen LogP contribution in [0.4, 0.5) is 14.5 Å². The van der Waals surface area contributed by atoms with Crippen molar-refractivity contribution in [3.8, 4) is 11.5 Å². The van der Waals surface area contributed by atoms with Crippen molar-refractivity contribution in [2.75, 3.05) is 19.5 Å². The molecule has 0 radical (unpaired) electrons. The van der Waals surface area contributed by atoms with Crippen molar-refractivity contribution in [1.82, 2.24) is 0 Å². The number of nitrogens with one attached hydrogen (secondary N) is 1. The van der Waals surface area contributed by atoms with Gasteiger partial charge < -0.3 is 14.8 Å². The number of amides is 1. The number of anilines is 1. The maximum absolute atomic E-state index is 12.8. The van der Waals surface area contributed by atoms with Crippen molar-refractivity contribution >= 4 is 33.0 Å². The van der Waals surface area contributed by atoms with Crippen molar-refractivity contribution in [1.29, 1.82) is 0 Å². The summed E-state index contributed by atoms with van der Waals surface area (Å²) < 4.78 is 59.3. The smallest absolute Gasteiger partial charge is 0.341 e. The first-order valence-electron chi connectivity index (χ1n) is 7.06. The minimum atomic E-state index is -4.89. The SMILES string of the molecule is COc1cc(C(=O)Nc2ccccc2S(=O)(=O)C(F)F)cc(Cl)c1OC. The van der Waals surface area contributed by atoms with Gasteiger partial charge in [0.1, 0.15) is 0 Å². The highest BCUT2D eigenvalue weighted by molar-refractivity contribution is 7.91. The van der Waals surface area contributed by atoms with Gasteiger partial charge in [-0.25, -0.2) is 8.42 Å². The summed E-state index contributed by atoms with van der Waals surface area (Å²) in [6.07, 6.45) is 0. The third-order valence-electron chi connectivity index (χ3n) is 3.37. The summed E-state index contributed by atoms with van der Waals surface area (Å²) >= 11 is 6.03. The fourth-order valence-electron chi connectivity index (χ4n) is 2.16. The quantitative estimate of drug-likeness (QED) is 0.794. The lowest BCUT2D eigenvalue weighted by Gasteiger charge is -2.13. The fraction of sp³-hybridized carbons (Fsp3) is 0.188. The molecule has 0 aromatic heterocycles. The second-order valence-electron chi connectivity index (χ2n) is 4.95. The van der Waals surface area contributed by atoms with Gasteiger partial charge in [0, 0.05) is 5.56 Å². The Morgan fingerprint density at radius 1 is 1.15 bits per heavy atom. The second kappa shape index (κ2) is 7.88. The Morgan fingerprint density at radius 3 is 2.38 bits per heavy atom. The number of sulfone groups is 1. The van der Waals surface area contributed by atoms with Crippen molar-refractivity contribution in [2.45, 2.75) is 10.7 Å². The molecule has 0 aliphatic rings. The molecule has 140 valence electrons. The Hall–Kier alpha value is -2.39. The van der Waals surface area contributed by atoms with E-state index >= 15 is 0 Å². The van der Waals surface area contributed by atoms with Crippen LogP contribution in [0.3, 0.4) is 0 Å². The molecule has 2 aromatic rings. The normalized spacial score (nSPS) is 11.3. The first-order valence-corrected chi connectivity index (χ1v) is 8.98. The topological polar surface area (TPSA) is 81.7 Å². The van der Waals surface area contributed by atoms with E-state index in [9.17, 15) is 22.0 Å². The number of halogens is 3. The van der Waals surface area contributed by atoms with Gasteiger partial charge in [0.2, 0.25) is 9.84 Å². The molecule has 0 spiro atoms. The number of carbonyl (C=O) groups excluding carboxylic acids is 1. The van der Waals surface area contributed by atoms with Crippen LogP contribution in [-0.2, 0) is 9.84 Å². The highest BCUT2D eigenvalue weighted by Gasteiger charge is 2.29. The molecule has 0 aliphatic heterocycles. The third kappa shape index (κ3) is 3.88. The maximum Gasteiger partial charge on any atom is 0.341 e. The van der Waals surface area contributed by atoms with Crippen LogP contribution >= 0.6 is 11.6 Å². The summed E-state index contributed by atoms with van der Waals surface area (Å²) in [5, 5.41) is 2.39. The number of carbonyl (C=O) groups is 1. The molecule has 0 atom stereocenters. The van der Waals surface area contributed by atoms with E-state index in [2.05, 4.69) is 5.32 Å². The van der Waals surface area contributed by atoms with Crippen molar-refractivity contribution in [3.05, 3.63) is 47.0 Å². The highest BCUT2D eigenvalue weighted by atomic mass is 35.5. The van der Waals surface area contributed by atoms with Gasteiger partial charge in [0.15, 0.2) is 11.5 Å². The molecule has 1 amide bonds. The van der Waals surface area contributed by atoms with Gasteiger partial charge in [-0.05, 0) is 24.3 Å². The molecule has 2 aromatic carbocycles. The molecule has 0 saturated carbocycles. The third-order valence-corrected chi connectivity index (χ3v) is 5.09. The second-order valence-corrected chi connectivity index (χ2v) is 7.24. The average Bonchev–Trinajstić information content (AvgIpc) is 2.61. The number of para-hydroxylation sites is 1. The molecule has 0 bridgehead atoms. The van der Waals surface area contributed by atoms with Crippen LogP contribution in [0.25, 0.3) is 0 Å². The molecule has 0 saturated heterocycles. The van der Waals surface area contributed by atoms with Gasteiger partial charge in [-0.15, -0.1) is 0 Å². The molecule has 1 N–H and O–H groups in total. The molecule has 0 aliphatic carbocycles. The van der Waals surface area contributed by atoms with Gasteiger partial charge in [0.05, 0.1) is 29.8 Å². The Bertz CT molecular complexity index is 934. The van der Waals surface area contributed by atoms with E-state index in [1.807, 2.05) is 0 Å². The van der Waals surface area contributed by atoms with Crippen LogP contribution in [0.15, 0.2) is 41.3 Å².